The Balaban J connectivity index is 1.95. The Hall–Kier alpha value is -3.33. The molecule has 0 radical (unpaired) electrons. The molecule has 0 aliphatic carbocycles. The van der Waals surface area contributed by atoms with E-state index in [0.29, 0.717) is 5.95 Å². The number of nitrogens with zero attached hydrogens (tertiary/aromatic N) is 3. The standard InChI is InChI=1S/C18H14N4O2/c1-24-12-8-6-11(7-9-12)16-13(10-19)17(23)21-18-20-14-4-2-3-5-15(14)22(16)18/h2-9,13,16H,1H3,(H,20,21,23)/t13-,16+/m1/s1. The van der Waals surface area contributed by atoms with Crippen LogP contribution in [0.4, 0.5) is 5.95 Å². The molecule has 0 saturated carbocycles. The van der Waals surface area contributed by atoms with Gasteiger partial charge in [0.05, 0.1) is 30.3 Å². The van der Waals surface area contributed by atoms with Crippen molar-refractivity contribution in [2.75, 3.05) is 12.4 Å². The molecule has 2 heterocycles. The molecule has 24 heavy (non-hydrogen) atoms. The molecule has 1 aromatic heterocycles. The zero-order chi connectivity index (χ0) is 16.7. The quantitative estimate of drug-likeness (QED) is 0.788. The zero-order valence-corrected chi connectivity index (χ0v) is 12.9. The smallest absolute Gasteiger partial charge is 0.246 e. The number of hydrogen-bond donors (Lipinski definition) is 1. The second-order valence-electron chi connectivity index (χ2n) is 5.61. The van der Waals surface area contributed by atoms with Gasteiger partial charge in [0.15, 0.2) is 5.92 Å². The van der Waals surface area contributed by atoms with Gasteiger partial charge >= 0.3 is 0 Å². The Bertz CT molecular complexity index is 969. The van der Waals surface area contributed by atoms with Gasteiger partial charge in [-0.25, -0.2) is 4.98 Å². The number of amides is 1. The molecule has 0 spiro atoms. The highest BCUT2D eigenvalue weighted by Crippen LogP contribution is 2.38. The van der Waals surface area contributed by atoms with E-state index in [1.54, 1.807) is 7.11 Å². The fraction of sp³-hybridized carbons (Fsp3) is 0.167. The molecule has 2 atom stereocenters. The first-order chi connectivity index (χ1) is 11.7. The number of imidazole rings is 1. The monoisotopic (exact) mass is 318 g/mol. The van der Waals surface area contributed by atoms with E-state index in [9.17, 15) is 10.1 Å². The van der Waals surface area contributed by atoms with E-state index in [2.05, 4.69) is 16.4 Å². The first kappa shape index (κ1) is 14.3. The SMILES string of the molecule is COc1ccc([C@H]2[C@@H](C#N)C(=O)Nc3nc4ccccc4n32)cc1. The largest absolute Gasteiger partial charge is 0.497 e. The number of fused-ring (bicyclic) bond motifs is 3. The average Bonchev–Trinajstić information content (AvgIpc) is 2.98. The van der Waals surface area contributed by atoms with E-state index in [0.717, 1.165) is 22.3 Å². The van der Waals surface area contributed by atoms with Crippen LogP contribution < -0.4 is 10.1 Å². The lowest BCUT2D eigenvalue weighted by atomic mass is 9.91. The predicted octanol–water partition coefficient (Wildman–Crippen LogP) is 2.73. The summed E-state index contributed by atoms with van der Waals surface area (Å²) in [5.41, 5.74) is 2.53. The van der Waals surface area contributed by atoms with Gasteiger partial charge < -0.3 is 9.30 Å². The van der Waals surface area contributed by atoms with E-state index < -0.39 is 12.0 Å². The Morgan fingerprint density at radius 3 is 2.67 bits per heavy atom. The van der Waals surface area contributed by atoms with Gasteiger partial charge in [-0.15, -0.1) is 0 Å². The second-order valence-corrected chi connectivity index (χ2v) is 5.61. The third-order valence-corrected chi connectivity index (χ3v) is 4.30. The molecular formula is C18H14N4O2. The van der Waals surface area contributed by atoms with Crippen molar-refractivity contribution in [1.29, 1.82) is 5.26 Å². The molecule has 0 saturated heterocycles. The third kappa shape index (κ3) is 2.02. The van der Waals surface area contributed by atoms with Gasteiger partial charge in [0, 0.05) is 0 Å². The van der Waals surface area contributed by atoms with Crippen molar-refractivity contribution in [2.45, 2.75) is 6.04 Å². The van der Waals surface area contributed by atoms with Crippen LogP contribution in [0.25, 0.3) is 11.0 Å². The molecule has 1 N–H and O–H groups in total. The lowest BCUT2D eigenvalue weighted by Crippen LogP contribution is -2.37. The van der Waals surface area contributed by atoms with Crippen molar-refractivity contribution >= 4 is 22.9 Å². The van der Waals surface area contributed by atoms with Crippen LogP contribution in [0.1, 0.15) is 11.6 Å². The highest BCUT2D eigenvalue weighted by molar-refractivity contribution is 5.97. The number of para-hydroxylation sites is 2. The normalized spacial score (nSPS) is 19.4. The molecular weight excluding hydrogens is 304 g/mol. The fourth-order valence-electron chi connectivity index (χ4n) is 3.17. The number of methoxy groups -OCH3 is 1. The maximum atomic E-state index is 12.4. The van der Waals surface area contributed by atoms with Gasteiger partial charge in [0.25, 0.3) is 0 Å². The summed E-state index contributed by atoms with van der Waals surface area (Å²) in [7, 11) is 1.60. The van der Waals surface area contributed by atoms with Crippen LogP contribution in [0.3, 0.4) is 0 Å². The summed E-state index contributed by atoms with van der Waals surface area (Å²) in [6.07, 6.45) is 0. The molecule has 6 heteroatoms. The second kappa shape index (κ2) is 5.39. The van der Waals surface area contributed by atoms with Crippen LogP contribution in [0.5, 0.6) is 5.75 Å². The first-order valence-corrected chi connectivity index (χ1v) is 7.54. The summed E-state index contributed by atoms with van der Waals surface area (Å²) in [6, 6.07) is 16.8. The topological polar surface area (TPSA) is 79.9 Å². The summed E-state index contributed by atoms with van der Waals surface area (Å²) < 4.78 is 7.12. The molecule has 118 valence electrons. The molecule has 4 rings (SSSR count). The van der Waals surface area contributed by atoms with Crippen molar-refractivity contribution < 1.29 is 9.53 Å². The number of rotatable bonds is 2. The molecule has 1 amide bonds. The summed E-state index contributed by atoms with van der Waals surface area (Å²) >= 11 is 0. The molecule has 0 unspecified atom stereocenters. The predicted molar refractivity (Wildman–Crippen MR) is 88.6 cm³/mol. The van der Waals surface area contributed by atoms with Crippen molar-refractivity contribution in [1.82, 2.24) is 9.55 Å². The van der Waals surface area contributed by atoms with E-state index >= 15 is 0 Å². The Morgan fingerprint density at radius 1 is 1.21 bits per heavy atom. The molecule has 3 aromatic rings. The number of hydrogen-bond acceptors (Lipinski definition) is 4. The van der Waals surface area contributed by atoms with E-state index in [-0.39, 0.29) is 5.91 Å². The number of anilines is 1. The lowest BCUT2D eigenvalue weighted by molar-refractivity contribution is -0.119. The molecule has 0 bridgehead atoms. The highest BCUT2D eigenvalue weighted by atomic mass is 16.5. The van der Waals surface area contributed by atoms with E-state index in [1.165, 1.54) is 0 Å². The maximum Gasteiger partial charge on any atom is 0.246 e. The Kier molecular flexibility index (Phi) is 3.21. The Morgan fingerprint density at radius 2 is 1.96 bits per heavy atom. The van der Waals surface area contributed by atoms with Crippen LogP contribution in [-0.2, 0) is 4.79 Å². The van der Waals surface area contributed by atoms with Crippen molar-refractivity contribution in [2.24, 2.45) is 5.92 Å². The number of carbonyl (C=O) groups excluding carboxylic acids is 1. The first-order valence-electron chi connectivity index (χ1n) is 7.54. The van der Waals surface area contributed by atoms with Crippen LogP contribution in [0.2, 0.25) is 0 Å². The number of benzene rings is 2. The summed E-state index contributed by atoms with van der Waals surface area (Å²) in [5.74, 6) is 0.0291. The van der Waals surface area contributed by atoms with Crippen molar-refractivity contribution in [3.8, 4) is 11.8 Å². The fourth-order valence-corrected chi connectivity index (χ4v) is 3.17. The minimum atomic E-state index is -0.830. The van der Waals surface area contributed by atoms with Gasteiger partial charge in [-0.1, -0.05) is 24.3 Å². The van der Waals surface area contributed by atoms with Gasteiger partial charge in [0.2, 0.25) is 11.9 Å². The van der Waals surface area contributed by atoms with Gasteiger partial charge in [-0.3, -0.25) is 10.1 Å². The van der Waals surface area contributed by atoms with Gasteiger partial charge in [-0.05, 0) is 29.8 Å². The van der Waals surface area contributed by atoms with Gasteiger partial charge in [0.1, 0.15) is 5.75 Å². The van der Waals surface area contributed by atoms with Gasteiger partial charge in [-0.2, -0.15) is 5.26 Å². The summed E-state index contributed by atoms with van der Waals surface area (Å²) in [5, 5.41) is 12.3. The molecule has 6 nitrogen and oxygen atoms in total. The van der Waals surface area contributed by atoms with Crippen LogP contribution in [0, 0.1) is 17.2 Å². The van der Waals surface area contributed by atoms with Crippen LogP contribution >= 0.6 is 0 Å². The number of carbonyl (C=O) groups is 1. The third-order valence-electron chi connectivity index (χ3n) is 4.30. The Labute approximate surface area is 138 Å². The maximum absolute atomic E-state index is 12.4. The number of nitrogens with one attached hydrogen (secondary N) is 1. The lowest BCUT2D eigenvalue weighted by Gasteiger charge is -2.30. The van der Waals surface area contributed by atoms with Crippen LogP contribution in [0.15, 0.2) is 48.5 Å². The number of nitriles is 1. The van der Waals surface area contributed by atoms with Crippen LogP contribution in [-0.4, -0.2) is 22.6 Å². The minimum absolute atomic E-state index is 0.332. The summed E-state index contributed by atoms with van der Waals surface area (Å²) in [6.45, 7) is 0. The van der Waals surface area contributed by atoms with Crippen molar-refractivity contribution in [3.63, 3.8) is 0 Å². The molecule has 2 aromatic carbocycles. The van der Waals surface area contributed by atoms with Crippen molar-refractivity contribution in [3.05, 3.63) is 54.1 Å². The number of aromatic nitrogens is 2. The van der Waals surface area contributed by atoms with E-state index in [4.69, 9.17) is 4.74 Å². The zero-order valence-electron chi connectivity index (χ0n) is 12.9. The van der Waals surface area contributed by atoms with E-state index in [1.807, 2.05) is 53.1 Å². The molecule has 1 aliphatic rings. The molecule has 1 aliphatic heterocycles. The average molecular weight is 318 g/mol. The minimum Gasteiger partial charge on any atom is -0.497 e. The number of ether oxygens (including phenoxy) is 1. The molecule has 0 fully saturated rings. The highest BCUT2D eigenvalue weighted by Gasteiger charge is 2.38. The summed E-state index contributed by atoms with van der Waals surface area (Å²) in [4.78, 5) is 16.8.